The van der Waals surface area contributed by atoms with Gasteiger partial charge in [-0.2, -0.15) is 0 Å². The van der Waals surface area contributed by atoms with Gasteiger partial charge in [-0.25, -0.2) is 4.98 Å². The predicted octanol–water partition coefficient (Wildman–Crippen LogP) is 0.719. The first-order chi connectivity index (χ1) is 5.77. The van der Waals surface area contributed by atoms with Crippen molar-refractivity contribution in [2.45, 2.75) is 20.4 Å². The van der Waals surface area contributed by atoms with Crippen molar-refractivity contribution < 1.29 is 0 Å². The molecule has 0 amide bonds. The normalized spacial score (nSPS) is 17.8. The minimum absolute atomic E-state index is 0.817. The zero-order valence-corrected chi connectivity index (χ0v) is 7.67. The van der Waals surface area contributed by atoms with Crippen molar-refractivity contribution >= 4 is 0 Å². The van der Waals surface area contributed by atoms with Crippen LogP contribution in [0.2, 0.25) is 0 Å². The molecule has 0 spiro atoms. The van der Waals surface area contributed by atoms with Crippen LogP contribution in [0, 0.1) is 19.8 Å². The zero-order valence-electron chi connectivity index (χ0n) is 7.67. The number of rotatable bonds is 2. The Morgan fingerprint density at radius 1 is 1.58 bits per heavy atom. The number of hydrogen-bond acceptors (Lipinski definition) is 2. The van der Waals surface area contributed by atoms with Crippen LogP contribution in [0.3, 0.4) is 0 Å². The lowest BCUT2D eigenvalue weighted by molar-refractivity contribution is 0.305. The van der Waals surface area contributed by atoms with Crippen molar-refractivity contribution in [1.29, 1.82) is 0 Å². The molecule has 0 aliphatic carbocycles. The van der Waals surface area contributed by atoms with Crippen LogP contribution in [0.5, 0.6) is 0 Å². The molecule has 0 unspecified atom stereocenters. The van der Waals surface area contributed by atoms with Gasteiger partial charge in [0.05, 0.1) is 12.0 Å². The van der Waals surface area contributed by atoms with E-state index in [1.54, 1.807) is 0 Å². The Hall–Kier alpha value is -0.830. The molecule has 0 radical (unpaired) electrons. The van der Waals surface area contributed by atoms with Crippen LogP contribution < -0.4 is 5.32 Å². The summed E-state index contributed by atoms with van der Waals surface area (Å²) in [4.78, 5) is 4.27. The molecule has 12 heavy (non-hydrogen) atoms. The van der Waals surface area contributed by atoms with Gasteiger partial charge in [0.15, 0.2) is 0 Å². The molecule has 1 fully saturated rings. The smallest absolute Gasteiger partial charge is 0.0951 e. The van der Waals surface area contributed by atoms with Crippen molar-refractivity contribution in [3.8, 4) is 0 Å². The molecule has 3 nitrogen and oxygen atoms in total. The van der Waals surface area contributed by atoms with Gasteiger partial charge in [-0.15, -0.1) is 0 Å². The fourth-order valence-corrected chi connectivity index (χ4v) is 1.48. The highest BCUT2D eigenvalue weighted by Gasteiger charge is 2.17. The molecule has 1 aliphatic rings. The first-order valence-corrected chi connectivity index (χ1v) is 4.46. The van der Waals surface area contributed by atoms with Gasteiger partial charge in [0, 0.05) is 31.2 Å². The Kier molecular flexibility index (Phi) is 1.89. The Labute approximate surface area is 72.8 Å². The monoisotopic (exact) mass is 165 g/mol. The largest absolute Gasteiger partial charge is 0.334 e. The van der Waals surface area contributed by atoms with E-state index in [0.717, 1.165) is 31.2 Å². The lowest BCUT2D eigenvalue weighted by atomic mass is 10.0. The van der Waals surface area contributed by atoms with Gasteiger partial charge in [0.2, 0.25) is 0 Å². The highest BCUT2D eigenvalue weighted by Crippen LogP contribution is 2.10. The maximum Gasteiger partial charge on any atom is 0.0951 e. The number of aryl methyl sites for hydroxylation is 1. The molecule has 0 saturated carbocycles. The average Bonchev–Trinajstić information content (AvgIpc) is 2.27. The molecule has 1 aromatic rings. The van der Waals surface area contributed by atoms with Crippen LogP contribution in [0.1, 0.15) is 11.4 Å². The van der Waals surface area contributed by atoms with Gasteiger partial charge < -0.3 is 9.88 Å². The molecule has 0 aromatic carbocycles. The van der Waals surface area contributed by atoms with E-state index in [1.807, 2.05) is 6.33 Å². The molecule has 3 heteroatoms. The third-order valence-corrected chi connectivity index (χ3v) is 2.67. The molecular weight excluding hydrogens is 150 g/mol. The van der Waals surface area contributed by atoms with Gasteiger partial charge in [0.25, 0.3) is 0 Å². The summed E-state index contributed by atoms with van der Waals surface area (Å²) in [7, 11) is 0. The van der Waals surface area contributed by atoms with Crippen LogP contribution in [-0.2, 0) is 6.54 Å². The second-order valence-corrected chi connectivity index (χ2v) is 3.59. The van der Waals surface area contributed by atoms with Gasteiger partial charge in [0.1, 0.15) is 0 Å². The molecule has 0 atom stereocenters. The quantitative estimate of drug-likeness (QED) is 0.699. The van der Waals surface area contributed by atoms with Gasteiger partial charge in [-0.3, -0.25) is 0 Å². The molecule has 2 rings (SSSR count). The summed E-state index contributed by atoms with van der Waals surface area (Å²) in [6.45, 7) is 7.65. The summed E-state index contributed by atoms with van der Waals surface area (Å²) < 4.78 is 2.25. The Morgan fingerprint density at radius 3 is 2.75 bits per heavy atom. The molecule has 66 valence electrons. The van der Waals surface area contributed by atoms with E-state index >= 15 is 0 Å². The minimum atomic E-state index is 0.817. The van der Waals surface area contributed by atoms with Gasteiger partial charge in [-0.05, 0) is 13.8 Å². The molecule has 1 aliphatic heterocycles. The van der Waals surface area contributed by atoms with Crippen LogP contribution in [0.15, 0.2) is 6.33 Å². The Balaban J connectivity index is 2.06. The van der Waals surface area contributed by atoms with E-state index in [1.165, 1.54) is 5.69 Å². The number of nitrogens with one attached hydrogen (secondary N) is 1. The van der Waals surface area contributed by atoms with E-state index in [0.29, 0.717) is 0 Å². The van der Waals surface area contributed by atoms with E-state index < -0.39 is 0 Å². The van der Waals surface area contributed by atoms with Crippen molar-refractivity contribution in [2.75, 3.05) is 13.1 Å². The van der Waals surface area contributed by atoms with Crippen LogP contribution in [-0.4, -0.2) is 22.6 Å². The molecule has 1 N–H and O–H groups in total. The van der Waals surface area contributed by atoms with Crippen molar-refractivity contribution in [2.24, 2.45) is 5.92 Å². The molecule has 2 heterocycles. The van der Waals surface area contributed by atoms with E-state index in [9.17, 15) is 0 Å². The number of hydrogen-bond donors (Lipinski definition) is 1. The summed E-state index contributed by atoms with van der Waals surface area (Å²) in [6.07, 6.45) is 1.95. The standard InChI is InChI=1S/C9H15N3/c1-7-8(2)12(6-11-7)5-9-3-10-4-9/h6,9-10H,3-5H2,1-2H3. The predicted molar refractivity (Wildman–Crippen MR) is 48.1 cm³/mol. The summed E-state index contributed by atoms with van der Waals surface area (Å²) in [5.74, 6) is 0.817. The van der Waals surface area contributed by atoms with Crippen LogP contribution in [0.25, 0.3) is 0 Å². The van der Waals surface area contributed by atoms with Crippen LogP contribution >= 0.6 is 0 Å². The van der Waals surface area contributed by atoms with Gasteiger partial charge in [-0.1, -0.05) is 0 Å². The van der Waals surface area contributed by atoms with E-state index in [4.69, 9.17) is 0 Å². The highest BCUT2D eigenvalue weighted by atomic mass is 15.1. The third-order valence-electron chi connectivity index (χ3n) is 2.67. The number of aromatic nitrogens is 2. The summed E-state index contributed by atoms with van der Waals surface area (Å²) in [5, 5.41) is 3.27. The number of imidazole rings is 1. The van der Waals surface area contributed by atoms with Crippen molar-refractivity contribution in [3.05, 3.63) is 17.7 Å². The average molecular weight is 165 g/mol. The third kappa shape index (κ3) is 1.25. The van der Waals surface area contributed by atoms with Gasteiger partial charge >= 0.3 is 0 Å². The molecular formula is C9H15N3. The maximum absolute atomic E-state index is 4.27. The first-order valence-electron chi connectivity index (χ1n) is 4.46. The topological polar surface area (TPSA) is 29.9 Å². The fraction of sp³-hybridized carbons (Fsp3) is 0.667. The number of nitrogens with zero attached hydrogens (tertiary/aromatic N) is 2. The molecule has 1 saturated heterocycles. The summed E-state index contributed by atoms with van der Waals surface area (Å²) >= 11 is 0. The summed E-state index contributed by atoms with van der Waals surface area (Å²) in [5.41, 5.74) is 2.46. The molecule has 1 aromatic heterocycles. The minimum Gasteiger partial charge on any atom is -0.334 e. The second-order valence-electron chi connectivity index (χ2n) is 3.59. The zero-order chi connectivity index (χ0) is 8.55. The lowest BCUT2D eigenvalue weighted by Crippen LogP contribution is -2.44. The van der Waals surface area contributed by atoms with E-state index in [2.05, 4.69) is 28.7 Å². The van der Waals surface area contributed by atoms with Crippen molar-refractivity contribution in [3.63, 3.8) is 0 Å². The summed E-state index contributed by atoms with van der Waals surface area (Å²) in [6, 6.07) is 0. The Bertz CT molecular complexity index is 273. The van der Waals surface area contributed by atoms with Crippen molar-refractivity contribution in [1.82, 2.24) is 14.9 Å². The fourth-order valence-electron chi connectivity index (χ4n) is 1.48. The second kappa shape index (κ2) is 2.90. The Morgan fingerprint density at radius 2 is 2.33 bits per heavy atom. The SMILES string of the molecule is Cc1ncn(CC2CNC2)c1C. The first kappa shape index (κ1) is 7.80. The van der Waals surface area contributed by atoms with E-state index in [-0.39, 0.29) is 0 Å². The molecule has 0 bridgehead atoms. The highest BCUT2D eigenvalue weighted by molar-refractivity contribution is 5.08. The lowest BCUT2D eigenvalue weighted by Gasteiger charge is -2.27. The van der Waals surface area contributed by atoms with Crippen LogP contribution in [0.4, 0.5) is 0 Å². The maximum atomic E-state index is 4.27.